The van der Waals surface area contributed by atoms with Crippen molar-refractivity contribution >= 4 is 17.4 Å². The first-order chi connectivity index (χ1) is 11.6. The van der Waals surface area contributed by atoms with Gasteiger partial charge in [0.2, 0.25) is 5.91 Å². The second kappa shape index (κ2) is 8.82. The standard InChI is InChI=1S/C19H21FN2O2/c1-14(23)15-6-8-17(9-7-15)21-13-11-19(24)22-12-10-16-4-2-3-5-18(16)20/h2-9,21H,10-13H2,1H3,(H,22,24). The molecular formula is C19H21FN2O2. The van der Waals surface area contributed by atoms with Crippen LogP contribution in [0.1, 0.15) is 29.3 Å². The zero-order valence-corrected chi connectivity index (χ0v) is 13.6. The number of hydrogen-bond acceptors (Lipinski definition) is 3. The maximum Gasteiger partial charge on any atom is 0.221 e. The maximum atomic E-state index is 13.4. The first kappa shape index (κ1) is 17.7. The number of benzene rings is 2. The van der Waals surface area contributed by atoms with Crippen LogP contribution in [0.2, 0.25) is 0 Å². The topological polar surface area (TPSA) is 58.2 Å². The Balaban J connectivity index is 1.66. The number of amides is 1. The van der Waals surface area contributed by atoms with Crippen molar-refractivity contribution in [2.45, 2.75) is 19.8 Å². The van der Waals surface area contributed by atoms with Gasteiger partial charge in [0.15, 0.2) is 5.78 Å². The van der Waals surface area contributed by atoms with Crippen LogP contribution >= 0.6 is 0 Å². The zero-order chi connectivity index (χ0) is 17.4. The van der Waals surface area contributed by atoms with Gasteiger partial charge in [-0.05, 0) is 49.2 Å². The molecule has 0 aliphatic carbocycles. The number of anilines is 1. The first-order valence-electron chi connectivity index (χ1n) is 7.91. The van der Waals surface area contributed by atoms with E-state index in [-0.39, 0.29) is 17.5 Å². The predicted molar refractivity (Wildman–Crippen MR) is 92.7 cm³/mol. The molecule has 2 N–H and O–H groups in total. The van der Waals surface area contributed by atoms with Crippen LogP contribution in [-0.2, 0) is 11.2 Å². The van der Waals surface area contributed by atoms with Crippen LogP contribution in [0.25, 0.3) is 0 Å². The van der Waals surface area contributed by atoms with E-state index < -0.39 is 0 Å². The molecule has 24 heavy (non-hydrogen) atoms. The van der Waals surface area contributed by atoms with Gasteiger partial charge in [0.05, 0.1) is 0 Å². The Labute approximate surface area is 141 Å². The highest BCUT2D eigenvalue weighted by Crippen LogP contribution is 2.10. The molecular weight excluding hydrogens is 307 g/mol. The minimum atomic E-state index is -0.248. The summed E-state index contributed by atoms with van der Waals surface area (Å²) in [6.45, 7) is 2.42. The van der Waals surface area contributed by atoms with Gasteiger partial charge in [0.25, 0.3) is 0 Å². The van der Waals surface area contributed by atoms with E-state index >= 15 is 0 Å². The van der Waals surface area contributed by atoms with Crippen LogP contribution in [0, 0.1) is 5.82 Å². The number of ketones is 1. The quantitative estimate of drug-likeness (QED) is 0.732. The van der Waals surface area contributed by atoms with E-state index in [1.807, 2.05) is 12.1 Å². The highest BCUT2D eigenvalue weighted by atomic mass is 19.1. The molecule has 2 aromatic rings. The lowest BCUT2D eigenvalue weighted by Gasteiger charge is -2.08. The molecule has 2 aromatic carbocycles. The largest absolute Gasteiger partial charge is 0.385 e. The summed E-state index contributed by atoms with van der Waals surface area (Å²) in [6, 6.07) is 13.7. The van der Waals surface area contributed by atoms with Crippen LogP contribution < -0.4 is 10.6 Å². The summed E-state index contributed by atoms with van der Waals surface area (Å²) < 4.78 is 13.4. The van der Waals surface area contributed by atoms with Crippen molar-refractivity contribution in [1.29, 1.82) is 0 Å². The van der Waals surface area contributed by atoms with E-state index in [4.69, 9.17) is 0 Å². The highest BCUT2D eigenvalue weighted by Gasteiger charge is 2.04. The van der Waals surface area contributed by atoms with E-state index in [9.17, 15) is 14.0 Å². The van der Waals surface area contributed by atoms with Gasteiger partial charge in [-0.1, -0.05) is 18.2 Å². The minimum absolute atomic E-state index is 0.0239. The normalized spacial score (nSPS) is 10.2. The van der Waals surface area contributed by atoms with Crippen molar-refractivity contribution in [2.24, 2.45) is 0 Å². The van der Waals surface area contributed by atoms with E-state index in [1.54, 1.807) is 30.3 Å². The Kier molecular flexibility index (Phi) is 6.49. The van der Waals surface area contributed by atoms with Crippen molar-refractivity contribution in [3.05, 3.63) is 65.5 Å². The van der Waals surface area contributed by atoms with Gasteiger partial charge in [-0.3, -0.25) is 9.59 Å². The third-order valence-corrected chi connectivity index (χ3v) is 3.65. The van der Waals surface area contributed by atoms with Crippen molar-refractivity contribution in [2.75, 3.05) is 18.4 Å². The number of rotatable bonds is 8. The molecule has 1 amide bonds. The van der Waals surface area contributed by atoms with E-state index in [0.29, 0.717) is 37.1 Å². The lowest BCUT2D eigenvalue weighted by molar-refractivity contribution is -0.120. The van der Waals surface area contributed by atoms with E-state index in [1.165, 1.54) is 13.0 Å². The molecule has 5 heteroatoms. The van der Waals surface area contributed by atoms with Gasteiger partial charge >= 0.3 is 0 Å². The van der Waals surface area contributed by atoms with Gasteiger partial charge in [-0.15, -0.1) is 0 Å². The Morgan fingerprint density at radius 3 is 2.38 bits per heavy atom. The summed E-state index contributed by atoms with van der Waals surface area (Å²) >= 11 is 0. The van der Waals surface area contributed by atoms with Crippen LogP contribution in [0.5, 0.6) is 0 Å². The lowest BCUT2D eigenvalue weighted by atomic mass is 10.1. The Morgan fingerprint density at radius 1 is 1.00 bits per heavy atom. The molecule has 0 aliphatic rings. The average Bonchev–Trinajstić information content (AvgIpc) is 2.57. The Morgan fingerprint density at radius 2 is 1.71 bits per heavy atom. The monoisotopic (exact) mass is 328 g/mol. The molecule has 0 fully saturated rings. The van der Waals surface area contributed by atoms with Gasteiger partial charge in [0, 0.05) is 30.8 Å². The molecule has 0 saturated carbocycles. The fourth-order valence-electron chi connectivity index (χ4n) is 2.27. The third-order valence-electron chi connectivity index (χ3n) is 3.65. The molecule has 0 atom stereocenters. The first-order valence-corrected chi connectivity index (χ1v) is 7.91. The van der Waals surface area contributed by atoms with Gasteiger partial charge < -0.3 is 10.6 Å². The minimum Gasteiger partial charge on any atom is -0.385 e. The third kappa shape index (κ3) is 5.50. The summed E-state index contributed by atoms with van der Waals surface area (Å²) in [6.07, 6.45) is 0.796. The second-order valence-electron chi connectivity index (χ2n) is 5.50. The van der Waals surface area contributed by atoms with Crippen LogP contribution in [0.15, 0.2) is 48.5 Å². The Bertz CT molecular complexity index is 699. The van der Waals surface area contributed by atoms with Gasteiger partial charge in [0.1, 0.15) is 5.82 Å². The number of Topliss-reactive ketones (excluding diaryl/α,β-unsaturated/α-hetero) is 1. The number of carbonyl (C=O) groups excluding carboxylic acids is 2. The molecule has 0 unspecified atom stereocenters. The fraction of sp³-hybridized carbons (Fsp3) is 0.263. The van der Waals surface area contributed by atoms with Crippen LogP contribution in [0.3, 0.4) is 0 Å². The summed E-state index contributed by atoms with van der Waals surface area (Å²) in [7, 11) is 0. The summed E-state index contributed by atoms with van der Waals surface area (Å²) in [5, 5.41) is 5.91. The maximum absolute atomic E-state index is 13.4. The molecule has 0 aliphatic heterocycles. The van der Waals surface area contributed by atoms with E-state index in [2.05, 4.69) is 10.6 Å². The molecule has 0 spiro atoms. The Hall–Kier alpha value is -2.69. The molecule has 0 bridgehead atoms. The summed E-state index contributed by atoms with van der Waals surface area (Å²) in [5.41, 5.74) is 2.12. The number of nitrogens with one attached hydrogen (secondary N) is 2. The molecule has 2 rings (SSSR count). The van der Waals surface area contributed by atoms with Crippen molar-refractivity contribution in [1.82, 2.24) is 5.32 Å². The predicted octanol–water partition coefficient (Wildman–Crippen LogP) is 3.19. The number of hydrogen-bond donors (Lipinski definition) is 2. The van der Waals surface area contributed by atoms with Crippen LogP contribution in [0.4, 0.5) is 10.1 Å². The highest BCUT2D eigenvalue weighted by molar-refractivity contribution is 5.94. The molecule has 0 radical (unpaired) electrons. The average molecular weight is 328 g/mol. The van der Waals surface area contributed by atoms with Crippen molar-refractivity contribution < 1.29 is 14.0 Å². The molecule has 0 heterocycles. The molecule has 0 aromatic heterocycles. The molecule has 4 nitrogen and oxygen atoms in total. The number of halogens is 1. The second-order valence-corrected chi connectivity index (χ2v) is 5.50. The summed E-state index contributed by atoms with van der Waals surface area (Å²) in [4.78, 5) is 22.9. The zero-order valence-electron chi connectivity index (χ0n) is 13.6. The smallest absolute Gasteiger partial charge is 0.221 e. The summed E-state index contributed by atoms with van der Waals surface area (Å²) in [5.74, 6) is -0.308. The van der Waals surface area contributed by atoms with Crippen LogP contribution in [-0.4, -0.2) is 24.8 Å². The fourth-order valence-corrected chi connectivity index (χ4v) is 2.27. The number of carbonyl (C=O) groups is 2. The molecule has 0 saturated heterocycles. The van der Waals surface area contributed by atoms with Gasteiger partial charge in [-0.2, -0.15) is 0 Å². The van der Waals surface area contributed by atoms with Crippen molar-refractivity contribution in [3.63, 3.8) is 0 Å². The SMILES string of the molecule is CC(=O)c1ccc(NCCC(=O)NCCc2ccccc2F)cc1. The molecule has 126 valence electrons. The lowest BCUT2D eigenvalue weighted by Crippen LogP contribution is -2.27. The van der Waals surface area contributed by atoms with E-state index in [0.717, 1.165) is 5.69 Å². The van der Waals surface area contributed by atoms with Gasteiger partial charge in [-0.25, -0.2) is 4.39 Å². The van der Waals surface area contributed by atoms with Crippen molar-refractivity contribution in [3.8, 4) is 0 Å².